The molecule has 0 saturated heterocycles. The second-order valence-corrected chi connectivity index (χ2v) is 4.48. The van der Waals surface area contributed by atoms with Crippen molar-refractivity contribution in [3.05, 3.63) is 52.6 Å². The van der Waals surface area contributed by atoms with Crippen molar-refractivity contribution in [1.29, 1.82) is 0 Å². The molecule has 0 saturated carbocycles. The Kier molecular flexibility index (Phi) is 2.50. The second kappa shape index (κ2) is 4.02. The molecule has 0 unspecified atom stereocenters. The lowest BCUT2D eigenvalue weighted by molar-refractivity contribution is 1.11. The Bertz CT molecular complexity index is 691. The van der Waals surface area contributed by atoms with E-state index in [1.54, 1.807) is 12.1 Å². The summed E-state index contributed by atoms with van der Waals surface area (Å²) in [6, 6.07) is 11.1. The zero-order valence-electron chi connectivity index (χ0n) is 8.64. The molecule has 0 atom stereocenters. The summed E-state index contributed by atoms with van der Waals surface area (Å²) in [5.41, 5.74) is 1.64. The van der Waals surface area contributed by atoms with Crippen LogP contribution in [0.25, 0.3) is 17.0 Å². The fourth-order valence-corrected chi connectivity index (χ4v) is 2.03. The van der Waals surface area contributed by atoms with Gasteiger partial charge in [-0.05, 0) is 18.2 Å². The van der Waals surface area contributed by atoms with Crippen LogP contribution >= 0.6 is 23.2 Å². The molecule has 0 aliphatic rings. The molecule has 0 amide bonds. The van der Waals surface area contributed by atoms with Crippen molar-refractivity contribution in [1.82, 2.24) is 14.6 Å². The third-order valence-corrected chi connectivity index (χ3v) is 2.93. The number of rotatable bonds is 1. The van der Waals surface area contributed by atoms with Gasteiger partial charge < -0.3 is 0 Å². The van der Waals surface area contributed by atoms with Gasteiger partial charge in [0, 0.05) is 27.9 Å². The van der Waals surface area contributed by atoms with E-state index in [0.717, 1.165) is 11.4 Å². The highest BCUT2D eigenvalue weighted by molar-refractivity contribution is 6.31. The maximum Gasteiger partial charge on any atom is 0.168 e. The van der Waals surface area contributed by atoms with Gasteiger partial charge in [-0.15, -0.1) is 10.2 Å². The number of hydrogen-bond acceptors (Lipinski definition) is 2. The molecule has 3 aromatic rings. The van der Waals surface area contributed by atoms with Crippen molar-refractivity contribution < 1.29 is 0 Å². The first-order valence-corrected chi connectivity index (χ1v) is 5.76. The predicted octanol–water partition coefficient (Wildman–Crippen LogP) is 3.70. The molecule has 17 heavy (non-hydrogen) atoms. The first-order chi connectivity index (χ1) is 8.24. The maximum atomic E-state index is 5.96. The zero-order valence-corrected chi connectivity index (χ0v) is 10.2. The van der Waals surface area contributed by atoms with E-state index in [-0.39, 0.29) is 0 Å². The molecule has 5 heteroatoms. The molecule has 0 aliphatic carbocycles. The predicted molar refractivity (Wildman–Crippen MR) is 68.4 cm³/mol. The largest absolute Gasteiger partial charge is 0.282 e. The Labute approximate surface area is 108 Å². The highest BCUT2D eigenvalue weighted by atomic mass is 35.5. The van der Waals surface area contributed by atoms with Crippen LogP contribution in [0.4, 0.5) is 0 Å². The summed E-state index contributed by atoms with van der Waals surface area (Å²) in [7, 11) is 0. The first-order valence-electron chi connectivity index (χ1n) is 5.00. The summed E-state index contributed by atoms with van der Waals surface area (Å²) in [5, 5.41) is 9.53. The van der Waals surface area contributed by atoms with Crippen molar-refractivity contribution in [2.45, 2.75) is 0 Å². The lowest BCUT2D eigenvalue weighted by Gasteiger charge is -2.00. The maximum absolute atomic E-state index is 5.96. The molecule has 0 spiro atoms. The summed E-state index contributed by atoms with van der Waals surface area (Å²) in [6.45, 7) is 0. The molecule has 0 N–H and O–H groups in total. The fraction of sp³-hybridized carbons (Fsp3) is 0. The molecule has 0 fully saturated rings. The van der Waals surface area contributed by atoms with Gasteiger partial charge in [0.25, 0.3) is 0 Å². The van der Waals surface area contributed by atoms with Crippen LogP contribution in [-0.4, -0.2) is 14.6 Å². The summed E-state index contributed by atoms with van der Waals surface area (Å²) in [6.07, 6.45) is 1.84. The molecule has 3 nitrogen and oxygen atoms in total. The molecule has 2 heterocycles. The standard InChI is InChI=1S/C12H7Cl2N3/c13-9-3-1-2-8(6-9)12-16-15-11-7-10(14)4-5-17(11)12/h1-7H. The average molecular weight is 264 g/mol. The van der Waals surface area contributed by atoms with Crippen LogP contribution < -0.4 is 0 Å². The Balaban J connectivity index is 2.24. The Hall–Kier alpha value is -1.58. The molecule has 2 aromatic heterocycles. The van der Waals surface area contributed by atoms with Crippen LogP contribution in [0.5, 0.6) is 0 Å². The minimum absolute atomic E-state index is 0.641. The number of pyridine rings is 1. The van der Waals surface area contributed by atoms with E-state index in [2.05, 4.69) is 10.2 Å². The number of fused-ring (bicyclic) bond motifs is 1. The third-order valence-electron chi connectivity index (χ3n) is 2.45. The number of benzene rings is 1. The lowest BCUT2D eigenvalue weighted by Crippen LogP contribution is -1.88. The Morgan fingerprint density at radius 2 is 1.76 bits per heavy atom. The van der Waals surface area contributed by atoms with Gasteiger partial charge in [-0.1, -0.05) is 35.3 Å². The van der Waals surface area contributed by atoms with E-state index in [1.807, 2.05) is 34.9 Å². The van der Waals surface area contributed by atoms with Gasteiger partial charge in [0.2, 0.25) is 0 Å². The molecule has 0 bridgehead atoms. The molecule has 0 aliphatic heterocycles. The van der Waals surface area contributed by atoms with Crippen LogP contribution in [0, 0.1) is 0 Å². The van der Waals surface area contributed by atoms with Gasteiger partial charge in [0.1, 0.15) is 0 Å². The highest BCUT2D eigenvalue weighted by Crippen LogP contribution is 2.22. The molecule has 3 rings (SSSR count). The van der Waals surface area contributed by atoms with Gasteiger partial charge in [-0.3, -0.25) is 4.40 Å². The number of aromatic nitrogens is 3. The van der Waals surface area contributed by atoms with Crippen molar-refractivity contribution in [3.63, 3.8) is 0 Å². The summed E-state index contributed by atoms with van der Waals surface area (Å²) in [4.78, 5) is 0. The van der Waals surface area contributed by atoms with Crippen LogP contribution in [0.3, 0.4) is 0 Å². The lowest BCUT2D eigenvalue weighted by atomic mass is 10.2. The normalized spacial score (nSPS) is 10.9. The zero-order chi connectivity index (χ0) is 11.8. The fourth-order valence-electron chi connectivity index (χ4n) is 1.69. The van der Waals surface area contributed by atoms with Gasteiger partial charge in [-0.25, -0.2) is 0 Å². The Morgan fingerprint density at radius 3 is 2.59 bits per heavy atom. The van der Waals surface area contributed by atoms with E-state index >= 15 is 0 Å². The minimum atomic E-state index is 0.641. The van der Waals surface area contributed by atoms with Crippen molar-refractivity contribution in [2.75, 3.05) is 0 Å². The Morgan fingerprint density at radius 1 is 0.941 bits per heavy atom. The van der Waals surface area contributed by atoms with Crippen molar-refractivity contribution >= 4 is 28.8 Å². The average Bonchev–Trinajstić information content (AvgIpc) is 2.71. The smallest absolute Gasteiger partial charge is 0.168 e. The number of halogens is 2. The van der Waals surface area contributed by atoms with Gasteiger partial charge in [-0.2, -0.15) is 0 Å². The van der Waals surface area contributed by atoms with E-state index in [9.17, 15) is 0 Å². The number of nitrogens with zero attached hydrogens (tertiary/aromatic N) is 3. The van der Waals surface area contributed by atoms with E-state index < -0.39 is 0 Å². The van der Waals surface area contributed by atoms with Crippen LogP contribution in [-0.2, 0) is 0 Å². The molecular weight excluding hydrogens is 257 g/mol. The molecule has 84 valence electrons. The van der Waals surface area contributed by atoms with E-state index in [4.69, 9.17) is 23.2 Å². The first kappa shape index (κ1) is 10.6. The monoisotopic (exact) mass is 263 g/mol. The number of hydrogen-bond donors (Lipinski definition) is 0. The topological polar surface area (TPSA) is 30.2 Å². The highest BCUT2D eigenvalue weighted by Gasteiger charge is 2.08. The molecule has 0 radical (unpaired) electrons. The van der Waals surface area contributed by atoms with Crippen molar-refractivity contribution in [2.24, 2.45) is 0 Å². The van der Waals surface area contributed by atoms with Crippen molar-refractivity contribution in [3.8, 4) is 11.4 Å². The van der Waals surface area contributed by atoms with E-state index in [1.165, 1.54) is 0 Å². The van der Waals surface area contributed by atoms with Crippen LogP contribution in [0.2, 0.25) is 10.0 Å². The SMILES string of the molecule is Clc1cccc(-c2nnc3cc(Cl)ccn23)c1. The third kappa shape index (κ3) is 1.88. The summed E-state index contributed by atoms with van der Waals surface area (Å²) in [5.74, 6) is 0.749. The van der Waals surface area contributed by atoms with Crippen LogP contribution in [0.1, 0.15) is 0 Å². The minimum Gasteiger partial charge on any atom is -0.282 e. The van der Waals surface area contributed by atoms with E-state index in [0.29, 0.717) is 15.7 Å². The van der Waals surface area contributed by atoms with Crippen LogP contribution in [0.15, 0.2) is 42.6 Å². The summed E-state index contributed by atoms with van der Waals surface area (Å²) >= 11 is 11.9. The van der Waals surface area contributed by atoms with Gasteiger partial charge >= 0.3 is 0 Å². The molecular formula is C12H7Cl2N3. The quantitative estimate of drug-likeness (QED) is 0.670. The molecule has 1 aromatic carbocycles. The second-order valence-electron chi connectivity index (χ2n) is 3.61. The summed E-state index contributed by atoms with van der Waals surface area (Å²) < 4.78 is 1.87. The van der Waals surface area contributed by atoms with Gasteiger partial charge in [0.15, 0.2) is 11.5 Å². The van der Waals surface area contributed by atoms with Gasteiger partial charge in [0.05, 0.1) is 0 Å².